The van der Waals surface area contributed by atoms with Gasteiger partial charge in [0.05, 0.1) is 14.2 Å². The molecule has 0 bridgehead atoms. The van der Waals surface area contributed by atoms with Gasteiger partial charge in [-0.15, -0.1) is 0 Å². The summed E-state index contributed by atoms with van der Waals surface area (Å²) < 4.78 is 26.5. The van der Waals surface area contributed by atoms with Crippen LogP contribution in [0, 0.1) is 0 Å². The molecule has 1 fully saturated rings. The summed E-state index contributed by atoms with van der Waals surface area (Å²) in [5.41, 5.74) is -0.0706. The zero-order valence-corrected chi connectivity index (χ0v) is 18.1. The molecule has 3 aromatic rings. The molecule has 2 aromatic carbocycles. The minimum Gasteiger partial charge on any atom is -0.493 e. The van der Waals surface area contributed by atoms with E-state index in [-0.39, 0.29) is 25.1 Å². The molecule has 1 saturated heterocycles. The van der Waals surface area contributed by atoms with E-state index >= 15 is 0 Å². The summed E-state index contributed by atoms with van der Waals surface area (Å²) in [7, 11) is 3.07. The van der Waals surface area contributed by atoms with Crippen molar-refractivity contribution in [3.8, 4) is 34.4 Å². The third kappa shape index (κ3) is 3.37. The van der Waals surface area contributed by atoms with Crippen LogP contribution in [0.15, 0.2) is 40.9 Å². The van der Waals surface area contributed by atoms with Gasteiger partial charge in [-0.2, -0.15) is 4.98 Å². The molecule has 2 aliphatic heterocycles. The standard InChI is InChI=1S/C22H20N4O7/c1-22(13-5-7-15-17(9-13)32-11-31-15)20(27)26(21(28)24-22)10-18-23-19(25-33-18)12-4-6-14(29-2)16(8-12)30-3/h4-9H,10-11H2,1-3H3,(H,24,28). The maximum Gasteiger partial charge on any atom is 0.325 e. The lowest BCUT2D eigenvalue weighted by atomic mass is 9.91. The van der Waals surface area contributed by atoms with Crippen molar-refractivity contribution in [3.63, 3.8) is 0 Å². The van der Waals surface area contributed by atoms with Gasteiger partial charge in [-0.3, -0.25) is 9.69 Å². The largest absolute Gasteiger partial charge is 0.493 e. The van der Waals surface area contributed by atoms with Crippen molar-refractivity contribution in [2.75, 3.05) is 21.0 Å². The van der Waals surface area contributed by atoms with Crippen LogP contribution in [-0.2, 0) is 16.9 Å². The fourth-order valence-electron chi connectivity index (χ4n) is 3.79. The van der Waals surface area contributed by atoms with Crippen LogP contribution >= 0.6 is 0 Å². The molecule has 0 saturated carbocycles. The Morgan fingerprint density at radius 1 is 1.06 bits per heavy atom. The maximum atomic E-state index is 13.2. The van der Waals surface area contributed by atoms with Gasteiger partial charge in [-0.25, -0.2) is 4.79 Å². The Labute approximate surface area is 188 Å². The number of nitrogens with zero attached hydrogens (tertiary/aromatic N) is 3. The van der Waals surface area contributed by atoms with E-state index in [1.54, 1.807) is 50.4 Å². The van der Waals surface area contributed by atoms with Crippen LogP contribution in [0.2, 0.25) is 0 Å². The summed E-state index contributed by atoms with van der Waals surface area (Å²) in [6.07, 6.45) is 0. The summed E-state index contributed by atoms with van der Waals surface area (Å²) in [6.45, 7) is 1.57. The second-order valence-corrected chi connectivity index (χ2v) is 7.60. The van der Waals surface area contributed by atoms with Gasteiger partial charge in [0.15, 0.2) is 23.0 Å². The second kappa shape index (κ2) is 7.69. The molecule has 11 heteroatoms. The summed E-state index contributed by atoms with van der Waals surface area (Å²) in [4.78, 5) is 31.2. The number of nitrogens with one attached hydrogen (secondary N) is 1. The maximum absolute atomic E-state index is 13.2. The summed E-state index contributed by atoms with van der Waals surface area (Å²) in [5.74, 6) is 2.13. The van der Waals surface area contributed by atoms with Crippen molar-refractivity contribution < 1.29 is 33.1 Å². The van der Waals surface area contributed by atoms with E-state index in [0.717, 1.165) is 4.90 Å². The monoisotopic (exact) mass is 452 g/mol. The summed E-state index contributed by atoms with van der Waals surface area (Å²) in [5, 5.41) is 6.71. The lowest BCUT2D eigenvalue weighted by Gasteiger charge is -2.22. The van der Waals surface area contributed by atoms with Crippen LogP contribution in [0.25, 0.3) is 11.4 Å². The van der Waals surface area contributed by atoms with E-state index in [9.17, 15) is 9.59 Å². The molecule has 3 amide bonds. The lowest BCUT2D eigenvalue weighted by Crippen LogP contribution is -2.40. The van der Waals surface area contributed by atoms with Gasteiger partial charge in [-0.1, -0.05) is 11.2 Å². The number of aromatic nitrogens is 2. The normalized spacial score (nSPS) is 19.1. The van der Waals surface area contributed by atoms with Crippen LogP contribution < -0.4 is 24.3 Å². The highest BCUT2D eigenvalue weighted by atomic mass is 16.7. The average Bonchev–Trinajstić information content (AvgIpc) is 3.54. The Balaban J connectivity index is 1.37. The van der Waals surface area contributed by atoms with E-state index in [4.69, 9.17) is 23.5 Å². The molecule has 170 valence electrons. The number of methoxy groups -OCH3 is 2. The average molecular weight is 452 g/mol. The number of benzene rings is 2. The minimum atomic E-state index is -1.27. The molecule has 1 atom stereocenters. The first-order valence-electron chi connectivity index (χ1n) is 10.0. The quantitative estimate of drug-likeness (QED) is 0.561. The number of amides is 3. The molecule has 1 unspecified atom stereocenters. The summed E-state index contributed by atoms with van der Waals surface area (Å²) >= 11 is 0. The predicted molar refractivity (Wildman–Crippen MR) is 112 cm³/mol. The van der Waals surface area contributed by atoms with E-state index in [1.165, 1.54) is 7.11 Å². The molecule has 1 aromatic heterocycles. The van der Waals surface area contributed by atoms with Crippen molar-refractivity contribution in [1.29, 1.82) is 0 Å². The van der Waals surface area contributed by atoms with Crippen molar-refractivity contribution in [2.45, 2.75) is 19.0 Å². The van der Waals surface area contributed by atoms with Crippen LogP contribution in [0.5, 0.6) is 23.0 Å². The number of urea groups is 1. The Morgan fingerprint density at radius 2 is 1.85 bits per heavy atom. The van der Waals surface area contributed by atoms with Gasteiger partial charge in [0, 0.05) is 5.56 Å². The van der Waals surface area contributed by atoms with Gasteiger partial charge in [0.2, 0.25) is 18.5 Å². The molecule has 0 spiro atoms. The highest BCUT2D eigenvalue weighted by molar-refractivity contribution is 6.07. The molecule has 0 radical (unpaired) electrons. The van der Waals surface area contributed by atoms with Crippen LogP contribution in [0.1, 0.15) is 18.4 Å². The SMILES string of the molecule is COc1ccc(-c2noc(CN3C(=O)NC(C)(c4ccc5c(c4)OCO5)C3=O)n2)cc1OC. The smallest absolute Gasteiger partial charge is 0.325 e. The number of carbonyl (C=O) groups is 2. The molecule has 0 aliphatic carbocycles. The molecular weight excluding hydrogens is 432 g/mol. The van der Waals surface area contributed by atoms with Gasteiger partial charge >= 0.3 is 6.03 Å². The van der Waals surface area contributed by atoms with Crippen LogP contribution in [0.4, 0.5) is 4.79 Å². The molecule has 11 nitrogen and oxygen atoms in total. The van der Waals surface area contributed by atoms with Crippen molar-refractivity contribution in [3.05, 3.63) is 47.9 Å². The predicted octanol–water partition coefficient (Wildman–Crippen LogP) is 2.45. The van der Waals surface area contributed by atoms with E-state index in [0.29, 0.717) is 34.1 Å². The van der Waals surface area contributed by atoms with E-state index in [2.05, 4.69) is 15.5 Å². The third-order valence-electron chi connectivity index (χ3n) is 5.63. The fraction of sp³-hybridized carbons (Fsp3) is 0.273. The van der Waals surface area contributed by atoms with Gasteiger partial charge < -0.3 is 28.8 Å². The Hall–Kier alpha value is -4.28. The molecule has 33 heavy (non-hydrogen) atoms. The van der Waals surface area contributed by atoms with Gasteiger partial charge in [0.1, 0.15) is 12.1 Å². The highest BCUT2D eigenvalue weighted by Gasteiger charge is 2.49. The van der Waals surface area contributed by atoms with Crippen LogP contribution in [-0.4, -0.2) is 48.0 Å². The molecule has 2 aliphatic rings. The van der Waals surface area contributed by atoms with E-state index in [1.807, 2.05) is 0 Å². The Morgan fingerprint density at radius 3 is 2.64 bits per heavy atom. The first-order chi connectivity index (χ1) is 15.9. The van der Waals surface area contributed by atoms with Crippen LogP contribution in [0.3, 0.4) is 0 Å². The number of rotatable bonds is 6. The van der Waals surface area contributed by atoms with E-state index < -0.39 is 17.5 Å². The molecule has 1 N–H and O–H groups in total. The minimum absolute atomic E-state index is 0.109. The zero-order valence-electron chi connectivity index (χ0n) is 18.1. The first-order valence-corrected chi connectivity index (χ1v) is 10.0. The number of ether oxygens (including phenoxy) is 4. The van der Waals surface area contributed by atoms with Crippen molar-refractivity contribution in [2.24, 2.45) is 0 Å². The molecular formula is C22H20N4O7. The molecule has 3 heterocycles. The first kappa shape index (κ1) is 20.6. The third-order valence-corrected chi connectivity index (χ3v) is 5.63. The highest BCUT2D eigenvalue weighted by Crippen LogP contribution is 2.38. The number of fused-ring (bicyclic) bond motifs is 1. The van der Waals surface area contributed by atoms with Gasteiger partial charge in [0.25, 0.3) is 5.91 Å². The summed E-state index contributed by atoms with van der Waals surface area (Å²) in [6, 6.07) is 9.73. The second-order valence-electron chi connectivity index (χ2n) is 7.60. The number of imide groups is 1. The number of hydrogen-bond acceptors (Lipinski definition) is 9. The van der Waals surface area contributed by atoms with Crippen molar-refractivity contribution >= 4 is 11.9 Å². The van der Waals surface area contributed by atoms with Crippen molar-refractivity contribution in [1.82, 2.24) is 20.4 Å². The number of carbonyl (C=O) groups excluding carboxylic acids is 2. The lowest BCUT2D eigenvalue weighted by molar-refractivity contribution is -0.131. The fourth-order valence-corrected chi connectivity index (χ4v) is 3.79. The number of hydrogen-bond donors (Lipinski definition) is 1. The van der Waals surface area contributed by atoms with Gasteiger partial charge in [-0.05, 0) is 42.8 Å². The Bertz CT molecular complexity index is 1260. The topological polar surface area (TPSA) is 125 Å². The Kier molecular flexibility index (Phi) is 4.81. The zero-order chi connectivity index (χ0) is 23.2. The molecule has 5 rings (SSSR count).